The van der Waals surface area contributed by atoms with Crippen LogP contribution in [0, 0.1) is 0 Å². The minimum atomic E-state index is -1.10. The first-order chi connectivity index (χ1) is 18.4. The van der Waals surface area contributed by atoms with Crippen LogP contribution >= 0.6 is 23.2 Å². The Morgan fingerprint density at radius 1 is 0.947 bits per heavy atom. The maximum atomic E-state index is 11.6. The second-order valence-corrected chi connectivity index (χ2v) is 10.0. The molecular formula is C29H31Cl2NO6. The zero-order chi connectivity index (χ0) is 26.9. The van der Waals surface area contributed by atoms with Crippen LogP contribution in [0.4, 0.5) is 4.79 Å². The molecule has 1 aliphatic heterocycles. The number of carboxylic acid groups (broad SMARTS) is 1. The number of hydrogen-bond acceptors (Lipinski definition) is 5. The first-order valence-corrected chi connectivity index (χ1v) is 13.2. The van der Waals surface area contributed by atoms with Crippen LogP contribution in [0.1, 0.15) is 29.0 Å². The van der Waals surface area contributed by atoms with Crippen molar-refractivity contribution in [1.29, 1.82) is 0 Å². The summed E-state index contributed by atoms with van der Waals surface area (Å²) in [5.41, 5.74) is 2.71. The van der Waals surface area contributed by atoms with Crippen molar-refractivity contribution >= 4 is 29.3 Å². The summed E-state index contributed by atoms with van der Waals surface area (Å²) >= 11 is 12.3. The lowest BCUT2D eigenvalue weighted by Crippen LogP contribution is -2.53. The number of halogens is 2. The quantitative estimate of drug-likeness (QED) is 0.280. The van der Waals surface area contributed by atoms with E-state index in [1.165, 1.54) is 4.90 Å². The maximum absolute atomic E-state index is 11.6. The molecule has 4 rings (SSSR count). The van der Waals surface area contributed by atoms with Crippen LogP contribution in [-0.2, 0) is 22.7 Å². The standard InChI is InChI=1S/C29H31Cl2NO6/c30-23-10-7-22(25(31)15-23)19-38-27-17-32(29(34)35)16-26(33)28(27)21-8-11-24(12-9-21)37-14-4-13-36-18-20-5-2-1-3-6-20/h1-3,5-12,15,26-28,33H,4,13-14,16-19H2,(H,34,35). The van der Waals surface area contributed by atoms with Gasteiger partial charge in [-0.25, -0.2) is 4.79 Å². The zero-order valence-electron chi connectivity index (χ0n) is 20.8. The van der Waals surface area contributed by atoms with Crippen molar-refractivity contribution in [3.8, 4) is 5.75 Å². The molecule has 9 heteroatoms. The molecule has 3 atom stereocenters. The Bertz CT molecular complexity index is 1180. The summed E-state index contributed by atoms with van der Waals surface area (Å²) in [4.78, 5) is 12.8. The van der Waals surface area contributed by atoms with E-state index < -0.39 is 24.2 Å². The number of benzene rings is 3. The van der Waals surface area contributed by atoms with E-state index in [2.05, 4.69) is 0 Å². The van der Waals surface area contributed by atoms with Gasteiger partial charge in [0.2, 0.25) is 0 Å². The molecule has 0 aromatic heterocycles. The van der Waals surface area contributed by atoms with Crippen LogP contribution in [0.25, 0.3) is 0 Å². The molecular weight excluding hydrogens is 529 g/mol. The molecule has 1 aliphatic rings. The number of likely N-dealkylation sites (tertiary alicyclic amines) is 1. The molecule has 38 heavy (non-hydrogen) atoms. The number of nitrogens with zero attached hydrogens (tertiary/aromatic N) is 1. The average Bonchev–Trinajstić information content (AvgIpc) is 2.91. The SMILES string of the molecule is O=C(O)N1CC(O)C(c2ccc(OCCCOCc3ccccc3)cc2)C(OCc2ccc(Cl)cc2Cl)C1. The van der Waals surface area contributed by atoms with E-state index in [1.54, 1.807) is 18.2 Å². The Morgan fingerprint density at radius 3 is 2.42 bits per heavy atom. The Labute approximate surface area is 232 Å². The Kier molecular flexibility index (Phi) is 10.3. The van der Waals surface area contributed by atoms with Crippen LogP contribution in [0.5, 0.6) is 5.75 Å². The van der Waals surface area contributed by atoms with E-state index in [4.69, 9.17) is 37.4 Å². The van der Waals surface area contributed by atoms with Gasteiger partial charge >= 0.3 is 6.09 Å². The number of β-amino-alcohol motifs (C(OH)–C–C–N with tert-alkyl or cyclic N) is 1. The van der Waals surface area contributed by atoms with E-state index in [9.17, 15) is 15.0 Å². The van der Waals surface area contributed by atoms with E-state index >= 15 is 0 Å². The van der Waals surface area contributed by atoms with E-state index in [0.29, 0.717) is 35.6 Å². The summed E-state index contributed by atoms with van der Waals surface area (Å²) in [5.74, 6) is 0.289. The number of aliphatic hydroxyl groups is 1. The third kappa shape index (κ3) is 7.85. The summed E-state index contributed by atoms with van der Waals surface area (Å²) in [7, 11) is 0. The smallest absolute Gasteiger partial charge is 0.407 e. The molecule has 1 heterocycles. The van der Waals surface area contributed by atoms with Gasteiger partial charge in [0.25, 0.3) is 0 Å². The Morgan fingerprint density at radius 2 is 1.71 bits per heavy atom. The lowest BCUT2D eigenvalue weighted by atomic mass is 9.84. The molecule has 0 spiro atoms. The van der Waals surface area contributed by atoms with Crippen molar-refractivity contribution in [2.75, 3.05) is 26.3 Å². The zero-order valence-corrected chi connectivity index (χ0v) is 22.4. The van der Waals surface area contributed by atoms with Gasteiger partial charge in [0.05, 0.1) is 51.7 Å². The molecule has 1 fully saturated rings. The summed E-state index contributed by atoms with van der Waals surface area (Å²) in [6.07, 6.45) is -1.85. The lowest BCUT2D eigenvalue weighted by molar-refractivity contribution is -0.0660. The molecule has 3 aromatic rings. The fraction of sp³-hybridized carbons (Fsp3) is 0.345. The van der Waals surface area contributed by atoms with Crippen LogP contribution in [-0.4, -0.2) is 59.7 Å². The van der Waals surface area contributed by atoms with Gasteiger partial charge in [-0.1, -0.05) is 71.7 Å². The number of piperidine rings is 1. The predicted octanol–water partition coefficient (Wildman–Crippen LogP) is 6.00. The van der Waals surface area contributed by atoms with Crippen molar-refractivity contribution in [1.82, 2.24) is 4.90 Å². The highest BCUT2D eigenvalue weighted by atomic mass is 35.5. The molecule has 202 valence electrons. The number of hydrogen-bond donors (Lipinski definition) is 2. The average molecular weight is 560 g/mol. The number of rotatable bonds is 11. The fourth-order valence-corrected chi connectivity index (χ4v) is 4.94. The Balaban J connectivity index is 1.33. The van der Waals surface area contributed by atoms with E-state index in [1.807, 2.05) is 54.6 Å². The topological polar surface area (TPSA) is 88.5 Å². The van der Waals surface area contributed by atoms with Crippen LogP contribution in [0.3, 0.4) is 0 Å². The van der Waals surface area contributed by atoms with Crippen LogP contribution in [0.2, 0.25) is 10.0 Å². The van der Waals surface area contributed by atoms with Gasteiger partial charge < -0.3 is 29.3 Å². The van der Waals surface area contributed by atoms with Crippen molar-refractivity contribution < 1.29 is 29.2 Å². The molecule has 7 nitrogen and oxygen atoms in total. The minimum Gasteiger partial charge on any atom is -0.494 e. The molecule has 0 aliphatic carbocycles. The first kappa shape index (κ1) is 28.2. The number of ether oxygens (including phenoxy) is 3. The van der Waals surface area contributed by atoms with Crippen LogP contribution in [0.15, 0.2) is 72.8 Å². The molecule has 3 unspecified atom stereocenters. The van der Waals surface area contributed by atoms with Crippen molar-refractivity contribution in [3.05, 3.63) is 99.5 Å². The molecule has 0 saturated carbocycles. The summed E-state index contributed by atoms with van der Waals surface area (Å²) in [5, 5.41) is 21.4. The second kappa shape index (κ2) is 13.8. The lowest BCUT2D eigenvalue weighted by Gasteiger charge is -2.40. The summed E-state index contributed by atoms with van der Waals surface area (Å²) in [6.45, 7) is 1.97. The molecule has 0 bridgehead atoms. The highest BCUT2D eigenvalue weighted by molar-refractivity contribution is 6.35. The van der Waals surface area contributed by atoms with Crippen molar-refractivity contribution in [3.63, 3.8) is 0 Å². The van der Waals surface area contributed by atoms with Gasteiger partial charge in [0.1, 0.15) is 5.75 Å². The van der Waals surface area contributed by atoms with Crippen molar-refractivity contribution in [2.45, 2.75) is 37.8 Å². The van der Waals surface area contributed by atoms with E-state index in [-0.39, 0.29) is 19.7 Å². The molecule has 3 aromatic carbocycles. The fourth-order valence-electron chi connectivity index (χ4n) is 4.48. The summed E-state index contributed by atoms with van der Waals surface area (Å²) < 4.78 is 17.7. The van der Waals surface area contributed by atoms with Gasteiger partial charge in [-0.3, -0.25) is 0 Å². The summed E-state index contributed by atoms with van der Waals surface area (Å²) in [6, 6.07) is 22.6. The highest BCUT2D eigenvalue weighted by Gasteiger charge is 2.39. The normalized spacial score (nSPS) is 19.3. The number of amides is 1. The van der Waals surface area contributed by atoms with Gasteiger partial charge in [-0.05, 0) is 41.0 Å². The largest absolute Gasteiger partial charge is 0.494 e. The van der Waals surface area contributed by atoms with E-state index in [0.717, 1.165) is 23.1 Å². The molecule has 0 radical (unpaired) electrons. The van der Waals surface area contributed by atoms with Gasteiger partial charge in [-0.15, -0.1) is 0 Å². The maximum Gasteiger partial charge on any atom is 0.407 e. The van der Waals surface area contributed by atoms with Gasteiger partial charge in [0, 0.05) is 22.4 Å². The van der Waals surface area contributed by atoms with Gasteiger partial charge in [0.15, 0.2) is 0 Å². The molecule has 2 N–H and O–H groups in total. The van der Waals surface area contributed by atoms with Crippen molar-refractivity contribution in [2.24, 2.45) is 0 Å². The first-order valence-electron chi connectivity index (χ1n) is 12.5. The molecule has 1 saturated heterocycles. The number of carbonyl (C=O) groups is 1. The third-order valence-electron chi connectivity index (χ3n) is 6.44. The molecule has 1 amide bonds. The highest BCUT2D eigenvalue weighted by Crippen LogP contribution is 2.33. The number of aliphatic hydroxyl groups excluding tert-OH is 1. The predicted molar refractivity (Wildman–Crippen MR) is 146 cm³/mol. The third-order valence-corrected chi connectivity index (χ3v) is 7.03. The monoisotopic (exact) mass is 559 g/mol. The Hall–Kier alpha value is -2.81. The van der Waals surface area contributed by atoms with Crippen LogP contribution < -0.4 is 4.74 Å². The second-order valence-electron chi connectivity index (χ2n) is 9.18. The minimum absolute atomic E-state index is 0.00277. The van der Waals surface area contributed by atoms with Gasteiger partial charge in [-0.2, -0.15) is 0 Å².